The molecule has 0 aliphatic carbocycles. The fourth-order valence-electron chi connectivity index (χ4n) is 9.46. The second-order valence-electron chi connectivity index (χ2n) is 15.1. The van der Waals surface area contributed by atoms with Gasteiger partial charge in [0.15, 0.2) is 0 Å². The Labute approximate surface area is 325 Å². The van der Waals surface area contributed by atoms with Crippen molar-refractivity contribution in [3.63, 3.8) is 0 Å². The fourth-order valence-corrected chi connectivity index (χ4v) is 9.46. The zero-order valence-electron chi connectivity index (χ0n) is 30.5. The summed E-state index contributed by atoms with van der Waals surface area (Å²) in [5.74, 6) is 0. The summed E-state index contributed by atoms with van der Waals surface area (Å²) < 4.78 is 19.3. The third kappa shape index (κ3) is 4.42. The average molecular weight is 727 g/mol. The van der Waals surface area contributed by atoms with Gasteiger partial charge in [0.1, 0.15) is 33.5 Å². The van der Waals surface area contributed by atoms with Crippen molar-refractivity contribution < 1.29 is 13.3 Å². The standard InChI is InChI=1S/C54H30O3/c1-2-12-35-31(10-1)11-9-18-39(35)54-42-16-5-3-14-40(42)53(41-15-4-6-17-43(41)54)34-21-24-37-44-26-32(22-25-48(44)56-50(37)28-34)33-20-23-38-46-30-51-45(29-52(46)57-49(38)27-33)36-13-7-8-19-47(36)55-51/h1-30H. The van der Waals surface area contributed by atoms with E-state index in [4.69, 9.17) is 13.3 Å². The van der Waals surface area contributed by atoms with E-state index in [2.05, 4.69) is 164 Å². The van der Waals surface area contributed by atoms with E-state index >= 15 is 0 Å². The number of rotatable bonds is 3. The predicted octanol–water partition coefficient (Wildman–Crippen LogP) is 15.8. The lowest BCUT2D eigenvalue weighted by Crippen LogP contribution is -1.91. The van der Waals surface area contributed by atoms with Crippen molar-refractivity contribution >= 4 is 98.1 Å². The van der Waals surface area contributed by atoms with Gasteiger partial charge in [-0.3, -0.25) is 0 Å². The van der Waals surface area contributed by atoms with Gasteiger partial charge in [-0.1, -0.05) is 127 Å². The van der Waals surface area contributed by atoms with Gasteiger partial charge in [-0.05, 0) is 120 Å². The molecule has 0 amide bonds. The molecule has 0 fully saturated rings. The Kier molecular flexibility index (Phi) is 6.16. The smallest absolute Gasteiger partial charge is 0.136 e. The maximum absolute atomic E-state index is 6.61. The second-order valence-corrected chi connectivity index (χ2v) is 15.1. The molecular formula is C54H30O3. The quantitative estimate of drug-likeness (QED) is 0.170. The van der Waals surface area contributed by atoms with Crippen molar-refractivity contribution in [2.75, 3.05) is 0 Å². The van der Waals surface area contributed by atoms with Crippen molar-refractivity contribution in [2.45, 2.75) is 0 Å². The Morgan fingerprint density at radius 2 is 0.667 bits per heavy atom. The molecule has 0 aliphatic rings. The van der Waals surface area contributed by atoms with Gasteiger partial charge >= 0.3 is 0 Å². The molecule has 57 heavy (non-hydrogen) atoms. The first-order chi connectivity index (χ1) is 28.2. The van der Waals surface area contributed by atoms with Crippen LogP contribution in [0.2, 0.25) is 0 Å². The molecule has 3 nitrogen and oxygen atoms in total. The lowest BCUT2D eigenvalue weighted by molar-refractivity contribution is 0.664. The van der Waals surface area contributed by atoms with Crippen LogP contribution >= 0.6 is 0 Å². The van der Waals surface area contributed by atoms with E-state index in [1.54, 1.807) is 0 Å². The highest BCUT2D eigenvalue weighted by molar-refractivity contribution is 6.24. The van der Waals surface area contributed by atoms with Crippen molar-refractivity contribution in [2.24, 2.45) is 0 Å². The van der Waals surface area contributed by atoms with Crippen LogP contribution in [-0.4, -0.2) is 0 Å². The summed E-state index contributed by atoms with van der Waals surface area (Å²) in [5, 5.41) is 13.9. The number of benzene rings is 10. The minimum Gasteiger partial charge on any atom is -0.456 e. The average Bonchev–Trinajstić information content (AvgIpc) is 3.94. The van der Waals surface area contributed by atoms with Crippen LogP contribution < -0.4 is 0 Å². The van der Waals surface area contributed by atoms with Crippen molar-refractivity contribution in [1.82, 2.24) is 0 Å². The van der Waals surface area contributed by atoms with E-state index in [1.165, 1.54) is 49.0 Å². The van der Waals surface area contributed by atoms with Gasteiger partial charge in [-0.15, -0.1) is 0 Å². The topological polar surface area (TPSA) is 39.4 Å². The summed E-state index contributed by atoms with van der Waals surface area (Å²) in [6.45, 7) is 0. The molecule has 0 saturated carbocycles. The highest BCUT2D eigenvalue weighted by Crippen LogP contribution is 2.46. The van der Waals surface area contributed by atoms with Crippen LogP contribution in [0.4, 0.5) is 0 Å². The minimum absolute atomic E-state index is 0.854. The molecule has 13 aromatic rings. The largest absolute Gasteiger partial charge is 0.456 e. The Morgan fingerprint density at radius 3 is 1.37 bits per heavy atom. The van der Waals surface area contributed by atoms with Crippen LogP contribution in [0.25, 0.3) is 132 Å². The summed E-state index contributed by atoms with van der Waals surface area (Å²) in [6, 6.07) is 65.0. The summed E-state index contributed by atoms with van der Waals surface area (Å²) >= 11 is 0. The molecule has 0 atom stereocenters. The van der Waals surface area contributed by atoms with Gasteiger partial charge in [0.05, 0.1) is 0 Å². The van der Waals surface area contributed by atoms with Crippen LogP contribution in [0.1, 0.15) is 0 Å². The van der Waals surface area contributed by atoms with Crippen LogP contribution in [0.5, 0.6) is 0 Å². The molecule has 0 unspecified atom stereocenters. The molecule has 10 aromatic carbocycles. The van der Waals surface area contributed by atoms with E-state index < -0.39 is 0 Å². The van der Waals surface area contributed by atoms with E-state index in [1.807, 2.05) is 18.2 Å². The summed E-state index contributed by atoms with van der Waals surface area (Å²) in [5.41, 5.74) is 12.3. The molecular weight excluding hydrogens is 697 g/mol. The second kappa shape index (κ2) is 11.5. The van der Waals surface area contributed by atoms with Crippen molar-refractivity contribution in [3.8, 4) is 33.4 Å². The first kappa shape index (κ1) is 30.7. The number of furan rings is 3. The van der Waals surface area contributed by atoms with Crippen LogP contribution in [0.3, 0.4) is 0 Å². The van der Waals surface area contributed by atoms with Gasteiger partial charge in [-0.25, -0.2) is 0 Å². The van der Waals surface area contributed by atoms with Crippen molar-refractivity contribution in [1.29, 1.82) is 0 Å². The molecule has 0 spiro atoms. The van der Waals surface area contributed by atoms with E-state index in [0.29, 0.717) is 0 Å². The van der Waals surface area contributed by atoms with E-state index in [-0.39, 0.29) is 0 Å². The Bertz CT molecular complexity index is 3750. The van der Waals surface area contributed by atoms with Crippen LogP contribution in [0.15, 0.2) is 195 Å². The third-order valence-corrected chi connectivity index (χ3v) is 12.1. The highest BCUT2D eigenvalue weighted by Gasteiger charge is 2.20. The van der Waals surface area contributed by atoms with Crippen molar-refractivity contribution in [3.05, 3.63) is 182 Å². The zero-order chi connectivity index (χ0) is 37.2. The summed E-state index contributed by atoms with van der Waals surface area (Å²) in [4.78, 5) is 0. The van der Waals surface area contributed by atoms with Gasteiger partial charge in [-0.2, -0.15) is 0 Å². The third-order valence-electron chi connectivity index (χ3n) is 12.1. The Balaban J connectivity index is 0.945. The first-order valence-corrected chi connectivity index (χ1v) is 19.4. The molecule has 0 N–H and O–H groups in total. The maximum Gasteiger partial charge on any atom is 0.136 e. The monoisotopic (exact) mass is 726 g/mol. The van der Waals surface area contributed by atoms with Gasteiger partial charge in [0.2, 0.25) is 0 Å². The number of hydrogen-bond acceptors (Lipinski definition) is 3. The SMILES string of the molecule is c1ccc2c(-c3c4ccccc4c(-c4ccc5c(c4)oc4ccc(-c6ccc7c(c6)oc6cc8c(cc67)oc6ccccc68)cc45)c4ccccc34)cccc2c1. The fraction of sp³-hybridized carbons (Fsp3) is 0. The lowest BCUT2D eigenvalue weighted by Gasteiger charge is -2.18. The number of hydrogen-bond donors (Lipinski definition) is 0. The highest BCUT2D eigenvalue weighted by atomic mass is 16.3. The van der Waals surface area contributed by atoms with Gasteiger partial charge in [0, 0.05) is 32.3 Å². The lowest BCUT2D eigenvalue weighted by atomic mass is 9.84. The minimum atomic E-state index is 0.854. The molecule has 13 rings (SSSR count). The molecule has 3 aromatic heterocycles. The van der Waals surface area contributed by atoms with Gasteiger partial charge in [0.25, 0.3) is 0 Å². The maximum atomic E-state index is 6.61. The molecule has 3 heterocycles. The molecule has 0 radical (unpaired) electrons. The molecule has 0 bridgehead atoms. The van der Waals surface area contributed by atoms with E-state index in [0.717, 1.165) is 82.5 Å². The number of para-hydroxylation sites is 1. The normalized spacial score (nSPS) is 12.2. The molecule has 264 valence electrons. The molecule has 0 aliphatic heterocycles. The zero-order valence-corrected chi connectivity index (χ0v) is 30.5. The Hall–Kier alpha value is -7.62. The Morgan fingerprint density at radius 1 is 0.228 bits per heavy atom. The van der Waals surface area contributed by atoms with E-state index in [9.17, 15) is 0 Å². The molecule has 3 heteroatoms. The van der Waals surface area contributed by atoms with Gasteiger partial charge < -0.3 is 13.3 Å². The van der Waals surface area contributed by atoms with Crippen LogP contribution in [-0.2, 0) is 0 Å². The summed E-state index contributed by atoms with van der Waals surface area (Å²) in [6.07, 6.45) is 0. The molecule has 0 saturated heterocycles. The first-order valence-electron chi connectivity index (χ1n) is 19.4. The van der Waals surface area contributed by atoms with Crippen LogP contribution in [0, 0.1) is 0 Å². The predicted molar refractivity (Wildman–Crippen MR) is 237 cm³/mol. The number of fused-ring (bicyclic) bond motifs is 12. The summed E-state index contributed by atoms with van der Waals surface area (Å²) in [7, 11) is 0.